The molecule has 0 aromatic carbocycles. The van der Waals surface area contributed by atoms with Crippen molar-refractivity contribution in [2.75, 3.05) is 13.2 Å². The fraction of sp³-hybridized carbons (Fsp3) is 1.00. The zero-order valence-corrected chi connectivity index (χ0v) is 30.8. The van der Waals surface area contributed by atoms with Gasteiger partial charge in [-0.15, -0.1) is 0 Å². The molecule has 0 bridgehead atoms. The fourth-order valence-electron chi connectivity index (χ4n) is 11.7. The molecule has 18 atom stereocenters. The lowest BCUT2D eigenvalue weighted by Crippen LogP contribution is -2.68. The van der Waals surface area contributed by atoms with Gasteiger partial charge in [0.1, 0.15) is 24.4 Å². The summed E-state index contributed by atoms with van der Waals surface area (Å²) in [5, 5.41) is 88.5. The fourth-order valence-corrected chi connectivity index (χ4v) is 12.0. The van der Waals surface area contributed by atoms with Crippen LogP contribution in [0.4, 0.5) is 0 Å². The van der Waals surface area contributed by atoms with E-state index < -0.39 is 89.1 Å². The second kappa shape index (κ2) is 15.0. The Morgan fingerprint density at radius 2 is 1.50 bits per heavy atom. The lowest BCUT2D eigenvalue weighted by Gasteiger charge is -2.65. The van der Waals surface area contributed by atoms with Crippen LogP contribution in [0.25, 0.3) is 0 Å². The van der Waals surface area contributed by atoms with Gasteiger partial charge in [0.15, 0.2) is 6.29 Å². The molecule has 18 unspecified atom stereocenters. The minimum Gasteiger partial charge on any atom is -0.393 e. The van der Waals surface area contributed by atoms with E-state index >= 15 is 0 Å². The molecule has 50 heavy (non-hydrogen) atoms. The third kappa shape index (κ3) is 7.43. The lowest BCUT2D eigenvalue weighted by atomic mass is 9.42. The Bertz CT molecular complexity index is 1270. The van der Waals surface area contributed by atoms with Crippen molar-refractivity contribution in [1.82, 2.24) is 0 Å². The maximum Gasteiger partial charge on any atom is 0.397 e. The van der Waals surface area contributed by atoms with E-state index in [2.05, 4.69) is 38.8 Å². The summed E-state index contributed by atoms with van der Waals surface area (Å²) >= 11 is 0. The normalized spacial score (nSPS) is 49.2. The first-order valence-corrected chi connectivity index (χ1v) is 19.9. The van der Waals surface area contributed by atoms with E-state index in [1.807, 2.05) is 0 Å². The third-order valence-electron chi connectivity index (χ3n) is 14.2. The molecule has 5 aliphatic rings. The Morgan fingerprint density at radius 3 is 2.14 bits per heavy atom. The van der Waals surface area contributed by atoms with Crippen molar-refractivity contribution in [3.63, 3.8) is 0 Å². The monoisotopic (exact) mass is 738 g/mol. The molecule has 9 N–H and O–H groups in total. The predicted octanol–water partition coefficient (Wildman–Crippen LogP) is 0.756. The molecule has 4 aliphatic carbocycles. The molecular weight excluding hydrogens is 676 g/mol. The quantitative estimate of drug-likeness (QED) is 0.126. The van der Waals surface area contributed by atoms with Crippen molar-refractivity contribution >= 4 is 10.4 Å². The van der Waals surface area contributed by atoms with E-state index in [4.69, 9.17) is 14.0 Å². The van der Waals surface area contributed by atoms with Gasteiger partial charge in [0.25, 0.3) is 0 Å². The maximum atomic E-state index is 12.6. The first-order chi connectivity index (χ1) is 23.2. The van der Waals surface area contributed by atoms with E-state index in [1.54, 1.807) is 0 Å². The standard InChI is InChI=1S/C35H62O14S/c1-17(2)19(10-13-47-32-30(42)28(40)26(38)23(49-32)16-48-50(44,45)46)7-6-18(3)25-27(39)29(41)31-34(25,5)12-9-24-33(4)11-8-20(36)14-21(33)22(37)15-35(24,31)43/h17-32,36-43H,6-16H2,1-5H3,(H,44,45,46). The van der Waals surface area contributed by atoms with Crippen molar-refractivity contribution in [2.45, 2.75) is 153 Å². The highest BCUT2D eigenvalue weighted by Crippen LogP contribution is 2.69. The van der Waals surface area contributed by atoms with Crippen LogP contribution in [0.15, 0.2) is 0 Å². The summed E-state index contributed by atoms with van der Waals surface area (Å²) < 4.78 is 46.4. The maximum absolute atomic E-state index is 12.6. The smallest absolute Gasteiger partial charge is 0.393 e. The van der Waals surface area contributed by atoms with Crippen LogP contribution >= 0.6 is 0 Å². The largest absolute Gasteiger partial charge is 0.397 e. The molecule has 5 rings (SSSR count). The minimum atomic E-state index is -4.82. The van der Waals surface area contributed by atoms with Gasteiger partial charge in [-0.25, -0.2) is 4.18 Å². The van der Waals surface area contributed by atoms with Gasteiger partial charge in [-0.1, -0.05) is 41.0 Å². The third-order valence-corrected chi connectivity index (χ3v) is 14.6. The van der Waals surface area contributed by atoms with Crippen molar-refractivity contribution < 1.29 is 67.5 Å². The first-order valence-electron chi connectivity index (χ1n) is 18.5. The Hall–Kier alpha value is -0.530. The number of aliphatic hydroxyl groups excluding tert-OH is 7. The van der Waals surface area contributed by atoms with Gasteiger partial charge in [-0.3, -0.25) is 4.55 Å². The summed E-state index contributed by atoms with van der Waals surface area (Å²) in [5.41, 5.74) is -2.29. The number of ether oxygens (including phenoxy) is 2. The number of hydrogen-bond acceptors (Lipinski definition) is 13. The van der Waals surface area contributed by atoms with Gasteiger partial charge < -0.3 is 50.3 Å². The predicted molar refractivity (Wildman–Crippen MR) is 178 cm³/mol. The molecule has 0 amide bonds. The molecule has 1 aliphatic heterocycles. The highest BCUT2D eigenvalue weighted by molar-refractivity contribution is 7.80. The molecule has 1 saturated heterocycles. The molecule has 5 fully saturated rings. The summed E-state index contributed by atoms with van der Waals surface area (Å²) in [6.45, 7) is 9.78. The van der Waals surface area contributed by atoms with E-state index in [9.17, 15) is 49.3 Å². The van der Waals surface area contributed by atoms with Crippen molar-refractivity contribution in [2.24, 2.45) is 52.3 Å². The summed E-state index contributed by atoms with van der Waals surface area (Å²) in [4.78, 5) is 0. The van der Waals surface area contributed by atoms with Gasteiger partial charge in [0, 0.05) is 12.3 Å². The number of aliphatic hydroxyl groups is 8. The van der Waals surface area contributed by atoms with Crippen LogP contribution in [-0.2, 0) is 24.1 Å². The molecular formula is C35H62O14S. The SMILES string of the molecule is CC(C)C(CCOC1OC(COS(=O)(=O)O)C(O)C(O)C1O)CCC(C)C1C(O)C(O)C2C1(C)CCC1C3(C)CCC(O)CC3C(O)CC12O. The highest BCUT2D eigenvalue weighted by atomic mass is 32.3. The summed E-state index contributed by atoms with van der Waals surface area (Å²) in [5.74, 6) is -0.803. The molecule has 292 valence electrons. The van der Waals surface area contributed by atoms with Gasteiger partial charge in [-0.2, -0.15) is 8.42 Å². The Morgan fingerprint density at radius 1 is 0.840 bits per heavy atom. The Labute approximate surface area is 296 Å². The zero-order chi connectivity index (χ0) is 37.1. The number of rotatable bonds is 12. The molecule has 14 nitrogen and oxygen atoms in total. The molecule has 15 heteroatoms. The topological polar surface area (TPSA) is 244 Å². The number of hydrogen-bond donors (Lipinski definition) is 9. The summed E-state index contributed by atoms with van der Waals surface area (Å²) in [6.07, 6.45) is -5.77. The lowest BCUT2D eigenvalue weighted by molar-refractivity contribution is -0.300. The van der Waals surface area contributed by atoms with E-state index in [1.165, 1.54) is 0 Å². The van der Waals surface area contributed by atoms with E-state index in [0.29, 0.717) is 25.7 Å². The van der Waals surface area contributed by atoms with Gasteiger partial charge in [0.2, 0.25) is 0 Å². The van der Waals surface area contributed by atoms with Crippen LogP contribution in [0.1, 0.15) is 92.4 Å². The van der Waals surface area contributed by atoms with Crippen molar-refractivity contribution in [3.8, 4) is 0 Å². The van der Waals surface area contributed by atoms with E-state index in [0.717, 1.165) is 25.7 Å². The van der Waals surface area contributed by atoms with Gasteiger partial charge >= 0.3 is 10.4 Å². The van der Waals surface area contributed by atoms with Gasteiger partial charge in [0.05, 0.1) is 43.2 Å². The highest BCUT2D eigenvalue weighted by Gasteiger charge is 2.72. The Kier molecular flexibility index (Phi) is 12.2. The van der Waals surface area contributed by atoms with Crippen LogP contribution < -0.4 is 0 Å². The summed E-state index contributed by atoms with van der Waals surface area (Å²) in [6, 6.07) is 0. The average Bonchev–Trinajstić information content (AvgIpc) is 3.23. The van der Waals surface area contributed by atoms with Crippen LogP contribution in [0.3, 0.4) is 0 Å². The molecule has 0 spiro atoms. The van der Waals surface area contributed by atoms with Crippen LogP contribution in [0.5, 0.6) is 0 Å². The van der Waals surface area contributed by atoms with Crippen molar-refractivity contribution in [1.29, 1.82) is 0 Å². The van der Waals surface area contributed by atoms with Crippen LogP contribution in [0, 0.1) is 52.3 Å². The summed E-state index contributed by atoms with van der Waals surface area (Å²) in [7, 11) is -4.82. The number of fused-ring (bicyclic) bond motifs is 5. The van der Waals surface area contributed by atoms with Crippen molar-refractivity contribution in [3.05, 3.63) is 0 Å². The Balaban J connectivity index is 1.22. The minimum absolute atomic E-state index is 0.0117. The second-order valence-electron chi connectivity index (χ2n) is 17.3. The van der Waals surface area contributed by atoms with E-state index in [-0.39, 0.29) is 54.0 Å². The molecule has 0 aromatic heterocycles. The molecule has 1 heterocycles. The second-order valence-corrected chi connectivity index (χ2v) is 18.4. The molecule has 0 radical (unpaired) electrons. The van der Waals surface area contributed by atoms with Gasteiger partial charge in [-0.05, 0) is 91.3 Å². The average molecular weight is 739 g/mol. The molecule has 4 saturated carbocycles. The van der Waals surface area contributed by atoms with Crippen LogP contribution in [-0.4, -0.2) is 128 Å². The molecule has 0 aromatic rings. The zero-order valence-electron chi connectivity index (χ0n) is 30.0. The van der Waals surface area contributed by atoms with Crippen LogP contribution in [0.2, 0.25) is 0 Å². The first kappa shape index (κ1) is 40.7.